The number of H-pyrrole nitrogens is 1. The van der Waals surface area contributed by atoms with Crippen LogP contribution in [0.25, 0.3) is 11.0 Å². The van der Waals surface area contributed by atoms with Crippen molar-refractivity contribution < 1.29 is 18.0 Å². The summed E-state index contributed by atoms with van der Waals surface area (Å²) in [7, 11) is 0. The molecule has 0 atom stereocenters. The van der Waals surface area contributed by atoms with Crippen LogP contribution in [0, 0.1) is 6.92 Å². The maximum Gasteiger partial charge on any atom is 0.416 e. The number of carbonyl (C=O) groups is 1. The maximum absolute atomic E-state index is 12.5. The van der Waals surface area contributed by atoms with Gasteiger partial charge in [-0.25, -0.2) is 4.98 Å². The summed E-state index contributed by atoms with van der Waals surface area (Å²) in [6.45, 7) is 1.75. The van der Waals surface area contributed by atoms with Gasteiger partial charge in [0.15, 0.2) is 0 Å². The minimum Gasteiger partial charge on any atom is -0.341 e. The van der Waals surface area contributed by atoms with Crippen LogP contribution in [-0.2, 0) is 6.18 Å². The molecule has 0 radical (unpaired) electrons. The molecule has 0 aliphatic carbocycles. The Balaban J connectivity index is 1.86. The van der Waals surface area contributed by atoms with Crippen molar-refractivity contribution >= 4 is 22.6 Å². The first-order valence-electron chi connectivity index (χ1n) is 6.63. The zero-order valence-electron chi connectivity index (χ0n) is 11.9. The largest absolute Gasteiger partial charge is 0.416 e. The van der Waals surface area contributed by atoms with Crippen molar-refractivity contribution in [1.82, 2.24) is 15.0 Å². The number of carbonyl (C=O) groups excluding carboxylic acids is 1. The molecule has 23 heavy (non-hydrogen) atoms. The van der Waals surface area contributed by atoms with Gasteiger partial charge in [-0.2, -0.15) is 13.2 Å². The van der Waals surface area contributed by atoms with E-state index in [2.05, 4.69) is 20.3 Å². The molecule has 5 nitrogen and oxygen atoms in total. The molecule has 2 N–H and O–H groups in total. The van der Waals surface area contributed by atoms with Crippen molar-refractivity contribution in [2.45, 2.75) is 13.1 Å². The molecule has 3 aromatic rings. The number of amides is 1. The predicted molar refractivity (Wildman–Crippen MR) is 78.0 cm³/mol. The molecule has 0 aliphatic heterocycles. The van der Waals surface area contributed by atoms with Crippen LogP contribution in [0.5, 0.6) is 0 Å². The van der Waals surface area contributed by atoms with E-state index in [1.54, 1.807) is 13.1 Å². The highest BCUT2D eigenvalue weighted by molar-refractivity contribution is 6.11. The van der Waals surface area contributed by atoms with Crippen LogP contribution in [-0.4, -0.2) is 20.9 Å². The van der Waals surface area contributed by atoms with Crippen LogP contribution >= 0.6 is 0 Å². The second-order valence-electron chi connectivity index (χ2n) is 4.93. The molecule has 2 aromatic heterocycles. The summed E-state index contributed by atoms with van der Waals surface area (Å²) in [6.07, 6.45) is -1.50. The highest BCUT2D eigenvalue weighted by Crippen LogP contribution is 2.30. The highest BCUT2D eigenvalue weighted by Gasteiger charge is 2.30. The summed E-state index contributed by atoms with van der Waals surface area (Å²) in [5.74, 6) is 0.144. The number of nitrogens with zero attached hydrogens (tertiary/aromatic N) is 2. The Hall–Kier alpha value is -2.90. The lowest BCUT2D eigenvalue weighted by Crippen LogP contribution is -2.13. The molecule has 118 valence electrons. The third-order valence-corrected chi connectivity index (χ3v) is 3.23. The Morgan fingerprint density at radius 2 is 1.87 bits per heavy atom. The van der Waals surface area contributed by atoms with E-state index in [-0.39, 0.29) is 11.3 Å². The molecule has 1 amide bonds. The van der Waals surface area contributed by atoms with Crippen LogP contribution in [0.1, 0.15) is 21.7 Å². The van der Waals surface area contributed by atoms with E-state index in [0.717, 1.165) is 12.1 Å². The molecular weight excluding hydrogens is 309 g/mol. The van der Waals surface area contributed by atoms with Crippen LogP contribution in [0.3, 0.4) is 0 Å². The first-order valence-corrected chi connectivity index (χ1v) is 6.63. The Kier molecular flexibility index (Phi) is 3.51. The van der Waals surface area contributed by atoms with Crippen molar-refractivity contribution in [1.29, 1.82) is 0 Å². The van der Waals surface area contributed by atoms with E-state index in [0.29, 0.717) is 16.9 Å². The van der Waals surface area contributed by atoms with Gasteiger partial charge in [0.05, 0.1) is 22.8 Å². The lowest BCUT2D eigenvalue weighted by molar-refractivity contribution is -0.137. The van der Waals surface area contributed by atoms with Crippen LogP contribution in [0.15, 0.2) is 36.7 Å². The van der Waals surface area contributed by atoms with Gasteiger partial charge in [-0.15, -0.1) is 0 Å². The summed E-state index contributed by atoms with van der Waals surface area (Å²) >= 11 is 0. The minimum atomic E-state index is -4.41. The first kappa shape index (κ1) is 15.0. The number of aromatic nitrogens is 3. The fourth-order valence-corrected chi connectivity index (χ4v) is 2.16. The van der Waals surface area contributed by atoms with Gasteiger partial charge in [0.1, 0.15) is 11.3 Å². The smallest absolute Gasteiger partial charge is 0.341 e. The summed E-state index contributed by atoms with van der Waals surface area (Å²) in [4.78, 5) is 23.4. The zero-order valence-corrected chi connectivity index (χ0v) is 11.9. The molecule has 0 saturated heterocycles. The van der Waals surface area contributed by atoms with Gasteiger partial charge in [-0.3, -0.25) is 9.78 Å². The molecule has 3 rings (SSSR count). The van der Waals surface area contributed by atoms with Gasteiger partial charge in [0.2, 0.25) is 0 Å². The lowest BCUT2D eigenvalue weighted by Gasteiger charge is -2.09. The lowest BCUT2D eigenvalue weighted by atomic mass is 10.2. The second-order valence-corrected chi connectivity index (χ2v) is 4.93. The SMILES string of the molecule is Cc1nc2c(C(=O)Nc3ccc(C(F)(F)F)cc3)cncc2[nH]1. The maximum atomic E-state index is 12.5. The van der Waals surface area contributed by atoms with Crippen LogP contribution in [0.2, 0.25) is 0 Å². The normalized spacial score (nSPS) is 11.7. The van der Waals surface area contributed by atoms with E-state index in [9.17, 15) is 18.0 Å². The van der Waals surface area contributed by atoms with Gasteiger partial charge in [-0.1, -0.05) is 0 Å². The van der Waals surface area contributed by atoms with Crippen molar-refractivity contribution in [2.24, 2.45) is 0 Å². The number of fused-ring (bicyclic) bond motifs is 1. The number of nitrogens with one attached hydrogen (secondary N) is 2. The topological polar surface area (TPSA) is 70.7 Å². The number of hydrogen-bond acceptors (Lipinski definition) is 3. The standard InChI is InChI=1S/C15H11F3N4O/c1-8-20-12-7-19-6-11(13(12)21-8)14(23)22-10-4-2-9(3-5-10)15(16,17)18/h2-7H,1H3,(H,20,21)(H,22,23). The van der Waals surface area contributed by atoms with Gasteiger partial charge in [-0.05, 0) is 31.2 Å². The molecule has 0 aliphatic rings. The van der Waals surface area contributed by atoms with E-state index < -0.39 is 17.6 Å². The molecule has 0 fully saturated rings. The molecule has 0 unspecified atom stereocenters. The summed E-state index contributed by atoms with van der Waals surface area (Å²) in [5, 5.41) is 2.54. The van der Waals surface area contributed by atoms with Crippen LogP contribution in [0.4, 0.5) is 18.9 Å². The van der Waals surface area contributed by atoms with Gasteiger partial charge < -0.3 is 10.3 Å². The third kappa shape index (κ3) is 3.01. The molecule has 1 aromatic carbocycles. The Morgan fingerprint density at radius 3 is 2.52 bits per heavy atom. The van der Waals surface area contributed by atoms with Crippen molar-refractivity contribution in [3.05, 3.63) is 53.6 Å². The first-order chi connectivity index (χ1) is 10.8. The van der Waals surface area contributed by atoms with Crippen molar-refractivity contribution in [3.8, 4) is 0 Å². The number of aryl methyl sites for hydroxylation is 1. The number of alkyl halides is 3. The molecule has 8 heteroatoms. The number of pyridine rings is 1. The molecule has 0 bridgehead atoms. The minimum absolute atomic E-state index is 0.242. The summed E-state index contributed by atoms with van der Waals surface area (Å²) in [5.41, 5.74) is 0.797. The molecule has 0 saturated carbocycles. The number of imidazole rings is 1. The average molecular weight is 320 g/mol. The van der Waals surface area contributed by atoms with Gasteiger partial charge in [0, 0.05) is 11.9 Å². The fraction of sp³-hybridized carbons (Fsp3) is 0.133. The monoisotopic (exact) mass is 320 g/mol. The van der Waals surface area contributed by atoms with E-state index in [4.69, 9.17) is 0 Å². The summed E-state index contributed by atoms with van der Waals surface area (Å²) < 4.78 is 37.5. The van der Waals surface area contributed by atoms with E-state index in [1.807, 2.05) is 0 Å². The number of hydrogen-bond donors (Lipinski definition) is 2. The van der Waals surface area contributed by atoms with Crippen molar-refractivity contribution in [3.63, 3.8) is 0 Å². The molecular formula is C15H11F3N4O. The van der Waals surface area contributed by atoms with Gasteiger partial charge >= 0.3 is 6.18 Å². The summed E-state index contributed by atoms with van der Waals surface area (Å²) in [6, 6.07) is 4.22. The Bertz CT molecular complexity index is 869. The number of halogens is 3. The van der Waals surface area contributed by atoms with Crippen molar-refractivity contribution in [2.75, 3.05) is 5.32 Å². The van der Waals surface area contributed by atoms with E-state index in [1.165, 1.54) is 18.3 Å². The van der Waals surface area contributed by atoms with Crippen LogP contribution < -0.4 is 5.32 Å². The quantitative estimate of drug-likeness (QED) is 0.759. The second kappa shape index (κ2) is 5.38. The average Bonchev–Trinajstić information content (AvgIpc) is 2.86. The third-order valence-electron chi connectivity index (χ3n) is 3.23. The van der Waals surface area contributed by atoms with E-state index >= 15 is 0 Å². The number of benzene rings is 1. The fourth-order valence-electron chi connectivity index (χ4n) is 2.16. The highest BCUT2D eigenvalue weighted by atomic mass is 19.4. The number of rotatable bonds is 2. The predicted octanol–water partition coefficient (Wildman–Crippen LogP) is 3.54. The zero-order chi connectivity index (χ0) is 16.6. The molecule has 0 spiro atoms. The Labute approximate surface area is 128 Å². The molecule has 2 heterocycles. The number of aromatic amines is 1. The Morgan fingerprint density at radius 1 is 1.17 bits per heavy atom. The van der Waals surface area contributed by atoms with Gasteiger partial charge in [0.25, 0.3) is 5.91 Å². The number of anilines is 1.